The van der Waals surface area contributed by atoms with Crippen molar-refractivity contribution in [1.29, 1.82) is 0 Å². The Morgan fingerprint density at radius 1 is 1.33 bits per heavy atom. The van der Waals surface area contributed by atoms with Crippen LogP contribution in [0.25, 0.3) is 0 Å². The molecule has 0 fully saturated rings. The molecule has 2 aromatic rings. The van der Waals surface area contributed by atoms with E-state index in [4.69, 9.17) is 10.3 Å². The van der Waals surface area contributed by atoms with E-state index in [2.05, 4.69) is 15.1 Å². The highest BCUT2D eigenvalue weighted by atomic mass is 16.5. The van der Waals surface area contributed by atoms with Crippen molar-refractivity contribution < 1.29 is 4.52 Å². The molecular formula is C13H18N4O. The summed E-state index contributed by atoms with van der Waals surface area (Å²) in [4.78, 5) is 8.34. The number of rotatable bonds is 6. The van der Waals surface area contributed by atoms with Gasteiger partial charge in [0.2, 0.25) is 5.89 Å². The Bertz CT molecular complexity index is 467. The number of pyridine rings is 1. The van der Waals surface area contributed by atoms with Gasteiger partial charge in [-0.15, -0.1) is 0 Å². The molecule has 0 aliphatic rings. The summed E-state index contributed by atoms with van der Waals surface area (Å²) in [5.74, 6) is 1.41. The summed E-state index contributed by atoms with van der Waals surface area (Å²) in [5.41, 5.74) is 6.82. The largest absolute Gasteiger partial charge is 0.339 e. The van der Waals surface area contributed by atoms with E-state index in [0.717, 1.165) is 30.7 Å². The number of hydrogen-bond donors (Lipinski definition) is 1. The van der Waals surface area contributed by atoms with Crippen LogP contribution in [0.1, 0.15) is 37.0 Å². The van der Waals surface area contributed by atoms with Crippen LogP contribution in [0.3, 0.4) is 0 Å². The summed E-state index contributed by atoms with van der Waals surface area (Å²) in [7, 11) is 0. The molecule has 0 spiro atoms. The van der Waals surface area contributed by atoms with E-state index in [1.807, 2.05) is 19.1 Å². The Morgan fingerprint density at radius 2 is 2.11 bits per heavy atom. The van der Waals surface area contributed by atoms with Gasteiger partial charge in [0.05, 0.1) is 0 Å². The van der Waals surface area contributed by atoms with Crippen LogP contribution in [0, 0.1) is 0 Å². The summed E-state index contributed by atoms with van der Waals surface area (Å²) in [5, 5.41) is 3.97. The molecule has 2 heterocycles. The molecular weight excluding hydrogens is 228 g/mol. The van der Waals surface area contributed by atoms with E-state index in [9.17, 15) is 0 Å². The molecule has 1 unspecified atom stereocenters. The van der Waals surface area contributed by atoms with Gasteiger partial charge in [0, 0.05) is 31.3 Å². The van der Waals surface area contributed by atoms with E-state index in [1.165, 1.54) is 0 Å². The summed E-state index contributed by atoms with van der Waals surface area (Å²) < 4.78 is 5.20. The van der Waals surface area contributed by atoms with Crippen molar-refractivity contribution >= 4 is 0 Å². The molecule has 0 bridgehead atoms. The van der Waals surface area contributed by atoms with Gasteiger partial charge in [-0.2, -0.15) is 4.98 Å². The average Bonchev–Trinajstić information content (AvgIpc) is 2.78. The highest BCUT2D eigenvalue weighted by Gasteiger charge is 2.07. The van der Waals surface area contributed by atoms with Crippen molar-refractivity contribution in [3.63, 3.8) is 0 Å². The van der Waals surface area contributed by atoms with Crippen LogP contribution >= 0.6 is 0 Å². The summed E-state index contributed by atoms with van der Waals surface area (Å²) in [6.45, 7) is 2.00. The van der Waals surface area contributed by atoms with Crippen molar-refractivity contribution in [2.24, 2.45) is 5.73 Å². The van der Waals surface area contributed by atoms with E-state index >= 15 is 0 Å². The zero-order chi connectivity index (χ0) is 12.8. The molecule has 0 saturated carbocycles. The lowest BCUT2D eigenvalue weighted by atomic mass is 10.1. The van der Waals surface area contributed by atoms with Crippen molar-refractivity contribution in [2.45, 2.75) is 38.6 Å². The Morgan fingerprint density at radius 3 is 2.83 bits per heavy atom. The lowest BCUT2D eigenvalue weighted by Gasteiger charge is -2.00. The molecule has 0 radical (unpaired) electrons. The highest BCUT2D eigenvalue weighted by Crippen LogP contribution is 2.08. The van der Waals surface area contributed by atoms with E-state index in [-0.39, 0.29) is 6.04 Å². The Kier molecular flexibility index (Phi) is 4.41. The van der Waals surface area contributed by atoms with Gasteiger partial charge in [0.1, 0.15) is 0 Å². The standard InChI is InChI=1S/C13H18N4O/c1-10(14)3-2-4-13-16-12(17-18-13)9-11-5-7-15-8-6-11/h5-8,10H,2-4,9,14H2,1H3. The molecule has 18 heavy (non-hydrogen) atoms. The molecule has 2 N–H and O–H groups in total. The second-order valence-electron chi connectivity index (χ2n) is 4.51. The second kappa shape index (κ2) is 6.26. The fourth-order valence-corrected chi connectivity index (χ4v) is 1.72. The van der Waals surface area contributed by atoms with E-state index in [0.29, 0.717) is 12.3 Å². The van der Waals surface area contributed by atoms with Crippen molar-refractivity contribution in [3.05, 3.63) is 41.8 Å². The third-order valence-electron chi connectivity index (χ3n) is 2.67. The van der Waals surface area contributed by atoms with Crippen LogP contribution in [0.2, 0.25) is 0 Å². The predicted octanol–water partition coefficient (Wildman–Crippen LogP) is 1.73. The van der Waals surface area contributed by atoms with Crippen LogP contribution in [0.4, 0.5) is 0 Å². The van der Waals surface area contributed by atoms with Crippen LogP contribution in [-0.2, 0) is 12.8 Å². The van der Waals surface area contributed by atoms with Gasteiger partial charge in [-0.05, 0) is 37.5 Å². The maximum atomic E-state index is 5.69. The van der Waals surface area contributed by atoms with Gasteiger partial charge in [0.25, 0.3) is 0 Å². The van der Waals surface area contributed by atoms with Gasteiger partial charge >= 0.3 is 0 Å². The fourth-order valence-electron chi connectivity index (χ4n) is 1.72. The normalized spacial score (nSPS) is 12.6. The molecule has 5 heteroatoms. The molecule has 2 rings (SSSR count). The number of nitrogens with two attached hydrogens (primary N) is 1. The van der Waals surface area contributed by atoms with Crippen molar-refractivity contribution in [3.8, 4) is 0 Å². The first-order valence-electron chi connectivity index (χ1n) is 6.20. The van der Waals surface area contributed by atoms with Gasteiger partial charge in [0.15, 0.2) is 5.82 Å². The van der Waals surface area contributed by atoms with E-state index in [1.54, 1.807) is 12.4 Å². The number of aromatic nitrogens is 3. The average molecular weight is 246 g/mol. The highest BCUT2D eigenvalue weighted by molar-refractivity contribution is 5.14. The zero-order valence-electron chi connectivity index (χ0n) is 10.5. The summed E-state index contributed by atoms with van der Waals surface area (Å²) >= 11 is 0. The SMILES string of the molecule is CC(N)CCCc1nc(Cc2ccncc2)no1. The van der Waals surface area contributed by atoms with Gasteiger partial charge in [-0.3, -0.25) is 4.98 Å². The molecule has 0 amide bonds. The molecule has 96 valence electrons. The Labute approximate surface area is 106 Å². The molecule has 0 aromatic carbocycles. The minimum absolute atomic E-state index is 0.226. The molecule has 5 nitrogen and oxygen atoms in total. The lowest BCUT2D eigenvalue weighted by molar-refractivity contribution is 0.368. The Hall–Kier alpha value is -1.75. The topological polar surface area (TPSA) is 77.8 Å². The maximum Gasteiger partial charge on any atom is 0.226 e. The molecule has 0 aliphatic carbocycles. The first kappa shape index (κ1) is 12.7. The minimum atomic E-state index is 0.226. The zero-order valence-corrected chi connectivity index (χ0v) is 10.5. The molecule has 1 atom stereocenters. The predicted molar refractivity (Wildman–Crippen MR) is 67.9 cm³/mol. The van der Waals surface area contributed by atoms with Crippen LogP contribution in [0.15, 0.2) is 29.0 Å². The summed E-state index contributed by atoms with van der Waals surface area (Å²) in [6, 6.07) is 4.13. The number of hydrogen-bond acceptors (Lipinski definition) is 5. The third kappa shape index (κ3) is 3.92. The Balaban J connectivity index is 1.86. The monoisotopic (exact) mass is 246 g/mol. The van der Waals surface area contributed by atoms with Crippen LogP contribution in [0.5, 0.6) is 0 Å². The van der Waals surface area contributed by atoms with Gasteiger partial charge in [-0.1, -0.05) is 5.16 Å². The smallest absolute Gasteiger partial charge is 0.226 e. The lowest BCUT2D eigenvalue weighted by Crippen LogP contribution is -2.14. The quantitative estimate of drug-likeness (QED) is 0.839. The van der Waals surface area contributed by atoms with Crippen molar-refractivity contribution in [1.82, 2.24) is 15.1 Å². The maximum absolute atomic E-state index is 5.69. The number of nitrogens with zero attached hydrogens (tertiary/aromatic N) is 3. The molecule has 0 aliphatic heterocycles. The summed E-state index contributed by atoms with van der Waals surface area (Å²) in [6.07, 6.45) is 6.96. The van der Waals surface area contributed by atoms with E-state index < -0.39 is 0 Å². The third-order valence-corrected chi connectivity index (χ3v) is 2.67. The van der Waals surface area contributed by atoms with Gasteiger partial charge < -0.3 is 10.3 Å². The first-order valence-corrected chi connectivity index (χ1v) is 6.20. The minimum Gasteiger partial charge on any atom is -0.339 e. The van der Waals surface area contributed by atoms with Crippen LogP contribution < -0.4 is 5.73 Å². The van der Waals surface area contributed by atoms with Crippen LogP contribution in [-0.4, -0.2) is 21.2 Å². The fraction of sp³-hybridized carbons (Fsp3) is 0.462. The first-order chi connectivity index (χ1) is 8.74. The molecule has 0 saturated heterocycles. The second-order valence-corrected chi connectivity index (χ2v) is 4.51. The number of aryl methyl sites for hydroxylation is 1. The molecule has 2 aromatic heterocycles. The van der Waals surface area contributed by atoms with Crippen molar-refractivity contribution in [2.75, 3.05) is 0 Å². The van der Waals surface area contributed by atoms with Gasteiger partial charge in [-0.25, -0.2) is 0 Å².